The summed E-state index contributed by atoms with van der Waals surface area (Å²) in [5.41, 5.74) is 1.43. The molecule has 0 aliphatic carbocycles. The second-order valence-electron chi connectivity index (χ2n) is 3.66. The highest BCUT2D eigenvalue weighted by molar-refractivity contribution is 14.1. The van der Waals surface area contributed by atoms with E-state index in [1.807, 2.05) is 52.9 Å². The molecule has 4 nitrogen and oxygen atoms in total. The van der Waals surface area contributed by atoms with Crippen LogP contribution in [0.15, 0.2) is 42.7 Å². The molecular weight excluding hydrogens is 379 g/mol. The number of carbonyl (C=O) groups excluding carboxylic acids is 1. The number of amides is 1. The van der Waals surface area contributed by atoms with E-state index >= 15 is 0 Å². The van der Waals surface area contributed by atoms with Gasteiger partial charge in [0.2, 0.25) is 0 Å². The van der Waals surface area contributed by atoms with Gasteiger partial charge in [-0.15, -0.1) is 0 Å². The largest absolute Gasteiger partial charge is 0.444 e. The Balaban J connectivity index is 1.95. The first-order valence-corrected chi connectivity index (χ1v) is 6.89. The lowest BCUT2D eigenvalue weighted by atomic mass is 10.2. The fraction of sp³-hybridized carbons (Fsp3) is 0.0769. The second kappa shape index (κ2) is 6.72. The van der Waals surface area contributed by atoms with Crippen LogP contribution in [-0.4, -0.2) is 11.1 Å². The van der Waals surface area contributed by atoms with Gasteiger partial charge in [-0.3, -0.25) is 10.3 Å². The van der Waals surface area contributed by atoms with Crippen molar-refractivity contribution in [3.63, 3.8) is 0 Å². The minimum Gasteiger partial charge on any atom is -0.444 e. The van der Waals surface area contributed by atoms with Crippen molar-refractivity contribution in [2.75, 3.05) is 5.32 Å². The third-order valence-electron chi connectivity index (χ3n) is 2.29. The van der Waals surface area contributed by atoms with Crippen molar-refractivity contribution in [1.82, 2.24) is 4.98 Å². The number of rotatable bonds is 3. The maximum Gasteiger partial charge on any atom is 0.412 e. The molecule has 0 fully saturated rings. The minimum atomic E-state index is -0.546. The minimum absolute atomic E-state index is 0.214. The van der Waals surface area contributed by atoms with Gasteiger partial charge in [-0.2, -0.15) is 0 Å². The highest BCUT2D eigenvalue weighted by Gasteiger charge is 2.10. The molecule has 0 aliphatic rings. The number of halogens is 2. The molecule has 1 aromatic carbocycles. The van der Waals surface area contributed by atoms with Crippen LogP contribution < -0.4 is 5.32 Å². The summed E-state index contributed by atoms with van der Waals surface area (Å²) in [5, 5.41) is 2.99. The Morgan fingerprint density at radius 2 is 2.05 bits per heavy atom. The topological polar surface area (TPSA) is 51.2 Å². The lowest BCUT2D eigenvalue weighted by molar-refractivity contribution is 0.155. The summed E-state index contributed by atoms with van der Waals surface area (Å²) in [4.78, 5) is 15.6. The lowest BCUT2D eigenvalue weighted by Crippen LogP contribution is -2.14. The van der Waals surface area contributed by atoms with Gasteiger partial charge in [0.05, 0.1) is 14.3 Å². The number of hydrogen-bond donors (Lipinski definition) is 1. The standard InChI is InChI=1S/C13H10ClIN2O2/c14-10-6-16-7-11(15)12(10)17-13(18)19-8-9-4-2-1-3-5-9/h1-7H,8H2,(H,16,17,18). The Kier molecular flexibility index (Phi) is 4.98. The summed E-state index contributed by atoms with van der Waals surface area (Å²) in [5.74, 6) is 0. The summed E-state index contributed by atoms with van der Waals surface area (Å²) in [7, 11) is 0. The maximum atomic E-state index is 11.7. The van der Waals surface area contributed by atoms with Gasteiger partial charge in [0, 0.05) is 12.4 Å². The Morgan fingerprint density at radius 3 is 2.74 bits per heavy atom. The van der Waals surface area contributed by atoms with Gasteiger partial charge < -0.3 is 4.74 Å². The van der Waals surface area contributed by atoms with E-state index < -0.39 is 6.09 Å². The fourth-order valence-electron chi connectivity index (χ4n) is 1.39. The second-order valence-corrected chi connectivity index (χ2v) is 5.23. The van der Waals surface area contributed by atoms with Crippen molar-refractivity contribution >= 4 is 46.0 Å². The predicted octanol–water partition coefficient (Wildman–Crippen LogP) is 4.09. The van der Waals surface area contributed by atoms with Gasteiger partial charge in [-0.25, -0.2) is 4.79 Å². The van der Waals surface area contributed by atoms with Gasteiger partial charge in [0.15, 0.2) is 0 Å². The summed E-state index contributed by atoms with van der Waals surface area (Å²) < 4.78 is 5.86. The smallest absolute Gasteiger partial charge is 0.412 e. The molecule has 0 saturated heterocycles. The van der Waals surface area contributed by atoms with Crippen molar-refractivity contribution in [3.8, 4) is 0 Å². The molecule has 0 atom stereocenters. The Hall–Kier alpha value is -1.34. The molecule has 0 bridgehead atoms. The molecule has 6 heteroatoms. The predicted molar refractivity (Wildman–Crippen MR) is 82.2 cm³/mol. The van der Waals surface area contributed by atoms with Crippen molar-refractivity contribution in [3.05, 3.63) is 56.9 Å². The summed E-state index contributed by atoms with van der Waals surface area (Å²) >= 11 is 8.00. The van der Waals surface area contributed by atoms with Crippen molar-refractivity contribution in [2.24, 2.45) is 0 Å². The number of nitrogens with zero attached hydrogens (tertiary/aromatic N) is 1. The van der Waals surface area contributed by atoms with Gasteiger partial charge in [0.25, 0.3) is 0 Å². The van der Waals surface area contributed by atoms with Crippen LogP contribution in [0.5, 0.6) is 0 Å². The molecule has 1 N–H and O–H groups in total. The van der Waals surface area contributed by atoms with Crippen LogP contribution in [0, 0.1) is 3.57 Å². The quantitative estimate of drug-likeness (QED) is 0.806. The summed E-state index contributed by atoms with van der Waals surface area (Å²) in [6, 6.07) is 9.45. The van der Waals surface area contributed by atoms with E-state index in [2.05, 4.69) is 10.3 Å². The van der Waals surface area contributed by atoms with Crippen LogP contribution in [0.4, 0.5) is 10.5 Å². The molecule has 0 radical (unpaired) electrons. The van der Waals surface area contributed by atoms with Gasteiger partial charge in [-0.05, 0) is 28.2 Å². The van der Waals surface area contributed by atoms with Crippen molar-refractivity contribution < 1.29 is 9.53 Å². The zero-order valence-electron chi connectivity index (χ0n) is 9.77. The summed E-state index contributed by atoms with van der Waals surface area (Å²) in [6.07, 6.45) is 2.53. The van der Waals surface area contributed by atoms with Crippen LogP contribution in [0.25, 0.3) is 0 Å². The van der Waals surface area contributed by atoms with Gasteiger partial charge in [0.1, 0.15) is 6.61 Å². The van der Waals surface area contributed by atoms with E-state index in [-0.39, 0.29) is 6.61 Å². The number of aromatic nitrogens is 1. The van der Waals surface area contributed by atoms with E-state index in [0.29, 0.717) is 10.7 Å². The van der Waals surface area contributed by atoms with E-state index in [9.17, 15) is 4.79 Å². The average molecular weight is 389 g/mol. The average Bonchev–Trinajstić information content (AvgIpc) is 2.42. The van der Waals surface area contributed by atoms with Gasteiger partial charge in [-0.1, -0.05) is 41.9 Å². The molecule has 1 heterocycles. The fourth-order valence-corrected chi connectivity index (χ4v) is 2.34. The molecule has 1 aromatic heterocycles. The maximum absolute atomic E-state index is 11.7. The molecule has 0 unspecified atom stereocenters. The normalized spacial score (nSPS) is 10.0. The number of benzene rings is 1. The number of carbonyl (C=O) groups is 1. The van der Waals surface area contributed by atoms with Crippen LogP contribution in [0.1, 0.15) is 5.56 Å². The van der Waals surface area contributed by atoms with Crippen LogP contribution in [0.2, 0.25) is 5.02 Å². The van der Waals surface area contributed by atoms with E-state index in [0.717, 1.165) is 9.13 Å². The first kappa shape index (κ1) is 14.1. The van der Waals surface area contributed by atoms with Gasteiger partial charge >= 0.3 is 6.09 Å². The number of pyridine rings is 1. The highest BCUT2D eigenvalue weighted by Crippen LogP contribution is 2.26. The van der Waals surface area contributed by atoms with Crippen LogP contribution in [-0.2, 0) is 11.3 Å². The van der Waals surface area contributed by atoms with Crippen molar-refractivity contribution in [1.29, 1.82) is 0 Å². The first-order chi connectivity index (χ1) is 9.16. The zero-order valence-corrected chi connectivity index (χ0v) is 12.7. The molecular formula is C13H10ClIN2O2. The molecule has 2 aromatic rings. The van der Waals surface area contributed by atoms with E-state index in [4.69, 9.17) is 16.3 Å². The summed E-state index contributed by atoms with van der Waals surface area (Å²) in [6.45, 7) is 0.214. The van der Waals surface area contributed by atoms with E-state index in [1.54, 1.807) is 6.20 Å². The number of nitrogens with one attached hydrogen (secondary N) is 1. The third kappa shape index (κ3) is 4.07. The lowest BCUT2D eigenvalue weighted by Gasteiger charge is -2.09. The van der Waals surface area contributed by atoms with Crippen LogP contribution in [0.3, 0.4) is 0 Å². The number of hydrogen-bond acceptors (Lipinski definition) is 3. The molecule has 0 aliphatic heterocycles. The molecule has 98 valence electrons. The third-order valence-corrected chi connectivity index (χ3v) is 3.40. The first-order valence-electron chi connectivity index (χ1n) is 5.43. The molecule has 0 spiro atoms. The van der Waals surface area contributed by atoms with Crippen LogP contribution >= 0.6 is 34.2 Å². The number of anilines is 1. The van der Waals surface area contributed by atoms with Crippen molar-refractivity contribution in [2.45, 2.75) is 6.61 Å². The Labute approximate surface area is 129 Å². The molecule has 1 amide bonds. The molecule has 19 heavy (non-hydrogen) atoms. The highest BCUT2D eigenvalue weighted by atomic mass is 127. The monoisotopic (exact) mass is 388 g/mol. The number of ether oxygens (including phenoxy) is 1. The molecule has 2 rings (SSSR count). The Bertz CT molecular complexity index is 558. The van der Waals surface area contributed by atoms with E-state index in [1.165, 1.54) is 6.20 Å². The zero-order chi connectivity index (χ0) is 13.7. The Morgan fingerprint density at radius 1 is 1.32 bits per heavy atom. The SMILES string of the molecule is O=C(Nc1c(Cl)cncc1I)OCc1ccccc1. The molecule has 0 saturated carbocycles.